The normalized spacial score (nSPS) is 32.2. The van der Waals surface area contributed by atoms with Gasteiger partial charge in [0.2, 0.25) is 0 Å². The maximum Gasteiger partial charge on any atom is 0.391 e. The standard InChI is InChI=1S/C6H8NO2S/c1-5-3-10-6(9)7(5,2)4-8/h3-4H,1-2H3/q+1. The molecule has 1 aliphatic rings. The van der Waals surface area contributed by atoms with Crippen LogP contribution in [-0.2, 0) is 4.79 Å². The van der Waals surface area contributed by atoms with Crippen LogP contribution >= 0.6 is 11.8 Å². The molecule has 0 fully saturated rings. The van der Waals surface area contributed by atoms with Crippen molar-refractivity contribution in [3.05, 3.63) is 11.1 Å². The van der Waals surface area contributed by atoms with Gasteiger partial charge >= 0.3 is 11.6 Å². The highest BCUT2D eigenvalue weighted by Crippen LogP contribution is 2.30. The molecule has 0 bridgehead atoms. The van der Waals surface area contributed by atoms with E-state index < -0.39 is 0 Å². The van der Waals surface area contributed by atoms with Crippen LogP contribution in [0.15, 0.2) is 11.1 Å². The van der Waals surface area contributed by atoms with Gasteiger partial charge in [-0.15, -0.1) is 0 Å². The van der Waals surface area contributed by atoms with E-state index in [1.807, 2.05) is 0 Å². The zero-order chi connectivity index (χ0) is 7.78. The number of thioether (sulfide) groups is 1. The van der Waals surface area contributed by atoms with Crippen molar-refractivity contribution in [3.8, 4) is 0 Å². The Balaban J connectivity index is 3.03. The minimum Gasteiger partial charge on any atom is -0.233 e. The van der Waals surface area contributed by atoms with Crippen molar-refractivity contribution in [2.45, 2.75) is 6.92 Å². The summed E-state index contributed by atoms with van der Waals surface area (Å²) in [5.74, 6) is 0. The van der Waals surface area contributed by atoms with E-state index in [0.717, 1.165) is 17.5 Å². The quantitative estimate of drug-likeness (QED) is 0.426. The van der Waals surface area contributed by atoms with Crippen LogP contribution in [0.1, 0.15) is 6.92 Å². The monoisotopic (exact) mass is 158 g/mol. The van der Waals surface area contributed by atoms with E-state index in [9.17, 15) is 9.59 Å². The maximum absolute atomic E-state index is 11.0. The van der Waals surface area contributed by atoms with E-state index in [1.54, 1.807) is 19.4 Å². The van der Waals surface area contributed by atoms with Gasteiger partial charge in [0, 0.05) is 24.1 Å². The highest BCUT2D eigenvalue weighted by Gasteiger charge is 2.39. The van der Waals surface area contributed by atoms with Gasteiger partial charge in [-0.2, -0.15) is 4.48 Å². The number of hydrogen-bond donors (Lipinski definition) is 0. The summed E-state index contributed by atoms with van der Waals surface area (Å²) in [6.07, 6.45) is 0.647. The lowest BCUT2D eigenvalue weighted by molar-refractivity contribution is -0.689. The largest absolute Gasteiger partial charge is 0.391 e. The lowest BCUT2D eigenvalue weighted by Gasteiger charge is -2.16. The highest BCUT2D eigenvalue weighted by molar-refractivity contribution is 8.16. The predicted molar refractivity (Wildman–Crippen MR) is 39.0 cm³/mol. The lowest BCUT2D eigenvalue weighted by Crippen LogP contribution is -2.40. The topological polar surface area (TPSA) is 34.1 Å². The van der Waals surface area contributed by atoms with Crippen molar-refractivity contribution in [1.29, 1.82) is 0 Å². The van der Waals surface area contributed by atoms with Crippen LogP contribution in [0.5, 0.6) is 0 Å². The number of carbonyl (C=O) groups excluding carboxylic acids is 2. The first kappa shape index (κ1) is 7.50. The number of amides is 2. The Hall–Kier alpha value is -0.610. The van der Waals surface area contributed by atoms with E-state index in [0.29, 0.717) is 6.41 Å². The molecule has 3 nitrogen and oxygen atoms in total. The first-order chi connectivity index (χ1) is 4.61. The molecular weight excluding hydrogens is 150 g/mol. The van der Waals surface area contributed by atoms with Gasteiger partial charge in [-0.05, 0) is 0 Å². The van der Waals surface area contributed by atoms with Crippen molar-refractivity contribution in [1.82, 2.24) is 0 Å². The van der Waals surface area contributed by atoms with Gasteiger partial charge in [0.15, 0.2) is 0 Å². The second kappa shape index (κ2) is 2.21. The number of rotatable bonds is 1. The Morgan fingerprint density at radius 1 is 1.70 bits per heavy atom. The molecule has 2 amide bonds. The number of carbonyl (C=O) groups is 2. The molecule has 0 N–H and O–H groups in total. The van der Waals surface area contributed by atoms with Crippen LogP contribution in [0.4, 0.5) is 4.79 Å². The molecule has 0 saturated carbocycles. The molecule has 1 rings (SSSR count). The SMILES string of the molecule is CC1=CSC(=O)[N+]1(C)C=O. The summed E-state index contributed by atoms with van der Waals surface area (Å²) >= 11 is 1.08. The second-order valence-electron chi connectivity index (χ2n) is 2.32. The molecule has 1 unspecified atom stereocenters. The van der Waals surface area contributed by atoms with Gasteiger partial charge in [-0.1, -0.05) is 0 Å². The van der Waals surface area contributed by atoms with E-state index in [2.05, 4.69) is 0 Å². The third-order valence-corrected chi connectivity index (χ3v) is 2.69. The van der Waals surface area contributed by atoms with Crippen molar-refractivity contribution in [2.75, 3.05) is 7.05 Å². The molecular formula is C6H8NO2S+. The maximum atomic E-state index is 11.0. The fourth-order valence-electron chi connectivity index (χ4n) is 0.625. The van der Waals surface area contributed by atoms with E-state index in [4.69, 9.17) is 0 Å². The zero-order valence-electron chi connectivity index (χ0n) is 5.83. The predicted octanol–water partition coefficient (Wildman–Crippen LogP) is 1.32. The molecule has 1 aliphatic heterocycles. The van der Waals surface area contributed by atoms with Crippen molar-refractivity contribution in [3.63, 3.8) is 0 Å². The molecule has 10 heavy (non-hydrogen) atoms. The number of hydrogen-bond acceptors (Lipinski definition) is 3. The lowest BCUT2D eigenvalue weighted by atomic mass is 10.4. The number of quaternary nitrogens is 1. The van der Waals surface area contributed by atoms with Crippen molar-refractivity contribution in [2.24, 2.45) is 0 Å². The molecule has 0 saturated heterocycles. The average molecular weight is 158 g/mol. The van der Waals surface area contributed by atoms with E-state index >= 15 is 0 Å². The first-order valence-electron chi connectivity index (χ1n) is 2.82. The molecule has 54 valence electrons. The van der Waals surface area contributed by atoms with Gasteiger partial charge in [-0.3, -0.25) is 0 Å². The smallest absolute Gasteiger partial charge is 0.233 e. The van der Waals surface area contributed by atoms with Crippen LogP contribution in [0.25, 0.3) is 0 Å². The Morgan fingerprint density at radius 3 is 2.50 bits per heavy atom. The molecule has 4 heteroatoms. The summed E-state index contributed by atoms with van der Waals surface area (Å²) in [4.78, 5) is 21.4. The molecule has 0 aromatic rings. The zero-order valence-corrected chi connectivity index (χ0v) is 6.64. The molecule has 0 aliphatic carbocycles. The molecule has 1 heterocycles. The number of allylic oxidation sites excluding steroid dienone is 1. The number of nitrogens with zero attached hydrogens (tertiary/aromatic N) is 1. The van der Waals surface area contributed by atoms with Gasteiger partial charge < -0.3 is 0 Å². The minimum atomic E-state index is -0.204. The van der Waals surface area contributed by atoms with E-state index in [1.165, 1.54) is 0 Å². The van der Waals surface area contributed by atoms with Gasteiger partial charge in [0.05, 0.1) is 7.05 Å². The van der Waals surface area contributed by atoms with Crippen LogP contribution in [-0.4, -0.2) is 23.2 Å². The van der Waals surface area contributed by atoms with E-state index in [-0.39, 0.29) is 9.72 Å². The average Bonchev–Trinajstić information content (AvgIpc) is 2.18. The minimum absolute atomic E-state index is 0.132. The first-order valence-corrected chi connectivity index (χ1v) is 3.70. The third-order valence-electron chi connectivity index (χ3n) is 1.65. The summed E-state index contributed by atoms with van der Waals surface area (Å²) < 4.78 is -0.204. The molecule has 0 radical (unpaired) electrons. The van der Waals surface area contributed by atoms with Crippen LogP contribution < -0.4 is 0 Å². The van der Waals surface area contributed by atoms with Crippen LogP contribution in [0.3, 0.4) is 0 Å². The van der Waals surface area contributed by atoms with Crippen molar-refractivity contribution < 1.29 is 14.1 Å². The Labute approximate surface area is 63.3 Å². The summed E-state index contributed by atoms with van der Waals surface area (Å²) in [7, 11) is 1.58. The molecule has 0 aromatic heterocycles. The van der Waals surface area contributed by atoms with Crippen LogP contribution in [0.2, 0.25) is 0 Å². The Kier molecular flexibility index (Phi) is 1.66. The molecule has 1 atom stereocenters. The third kappa shape index (κ3) is 0.803. The summed E-state index contributed by atoms with van der Waals surface area (Å²) in [5, 5.41) is 1.57. The fraction of sp³-hybridized carbons (Fsp3) is 0.333. The Bertz CT molecular complexity index is 224. The fourth-order valence-corrected chi connectivity index (χ4v) is 1.52. The number of imide groups is 1. The summed E-state index contributed by atoms with van der Waals surface area (Å²) in [6, 6.07) is 0. The van der Waals surface area contributed by atoms with Crippen molar-refractivity contribution >= 4 is 23.4 Å². The second-order valence-corrected chi connectivity index (χ2v) is 3.14. The van der Waals surface area contributed by atoms with Gasteiger partial charge in [0.1, 0.15) is 5.70 Å². The van der Waals surface area contributed by atoms with Gasteiger partial charge in [0.25, 0.3) is 0 Å². The van der Waals surface area contributed by atoms with Gasteiger partial charge in [-0.25, -0.2) is 9.59 Å². The summed E-state index contributed by atoms with van der Waals surface area (Å²) in [5.41, 5.74) is 0.782. The Morgan fingerprint density at radius 2 is 2.30 bits per heavy atom. The summed E-state index contributed by atoms with van der Waals surface area (Å²) in [6.45, 7) is 1.77. The molecule has 0 aromatic carbocycles. The highest BCUT2D eigenvalue weighted by atomic mass is 32.2. The molecule has 0 spiro atoms. The van der Waals surface area contributed by atoms with Crippen LogP contribution in [0, 0.1) is 0 Å².